The quantitative estimate of drug-likeness (QED) is 0.898. The number of piperidine rings is 1. The minimum absolute atomic E-state index is 0.0539. The van der Waals surface area contributed by atoms with E-state index in [4.69, 9.17) is 0 Å². The normalized spacial score (nSPS) is 19.3. The van der Waals surface area contributed by atoms with Crippen LogP contribution in [0.15, 0.2) is 5.38 Å². The average molecular weight is 296 g/mol. The van der Waals surface area contributed by atoms with Crippen LogP contribution in [0.5, 0.6) is 0 Å². The number of amides is 1. The third-order valence-corrected chi connectivity index (χ3v) is 4.68. The molecule has 20 heavy (non-hydrogen) atoms. The van der Waals surface area contributed by atoms with E-state index in [2.05, 4.69) is 27.6 Å². The molecule has 2 rings (SSSR count). The molecule has 1 saturated heterocycles. The van der Waals surface area contributed by atoms with Gasteiger partial charge in [0.05, 0.1) is 5.69 Å². The maximum atomic E-state index is 11.5. The van der Waals surface area contributed by atoms with Gasteiger partial charge in [0.1, 0.15) is 0 Å². The number of nitrogens with zero attached hydrogens (tertiary/aromatic N) is 3. The molecule has 0 saturated carbocycles. The standard InChI is InChI=1S/C14H24N4OS/c1-4-18(11(2)19)14-16-12(10-20-14)9-17(3)13-6-5-7-15-8-13/h10,13,15H,4-9H2,1-3H3. The molecule has 1 amide bonds. The summed E-state index contributed by atoms with van der Waals surface area (Å²) in [5, 5.41) is 6.31. The molecule has 1 aromatic rings. The van der Waals surface area contributed by atoms with E-state index in [1.807, 2.05) is 6.92 Å². The van der Waals surface area contributed by atoms with E-state index in [0.29, 0.717) is 12.6 Å². The summed E-state index contributed by atoms with van der Waals surface area (Å²) < 4.78 is 0. The first-order chi connectivity index (χ1) is 9.61. The summed E-state index contributed by atoms with van der Waals surface area (Å²) in [6.45, 7) is 7.27. The number of anilines is 1. The summed E-state index contributed by atoms with van der Waals surface area (Å²) in [5.41, 5.74) is 1.05. The Kier molecular flexibility index (Phi) is 5.51. The van der Waals surface area contributed by atoms with Gasteiger partial charge in [-0.2, -0.15) is 0 Å². The molecule has 1 aromatic heterocycles. The van der Waals surface area contributed by atoms with E-state index in [9.17, 15) is 4.79 Å². The van der Waals surface area contributed by atoms with Gasteiger partial charge in [0.25, 0.3) is 0 Å². The van der Waals surface area contributed by atoms with Crippen LogP contribution in [-0.4, -0.2) is 48.5 Å². The third kappa shape index (κ3) is 3.77. The smallest absolute Gasteiger partial charge is 0.225 e. The molecule has 0 aromatic carbocycles. The number of carbonyl (C=O) groups is 1. The van der Waals surface area contributed by atoms with Crippen molar-refractivity contribution in [2.24, 2.45) is 0 Å². The number of hydrogen-bond donors (Lipinski definition) is 1. The van der Waals surface area contributed by atoms with Gasteiger partial charge in [-0.15, -0.1) is 11.3 Å². The van der Waals surface area contributed by atoms with Crippen LogP contribution in [0.4, 0.5) is 5.13 Å². The van der Waals surface area contributed by atoms with Crippen LogP contribution in [0.25, 0.3) is 0 Å². The molecule has 1 aliphatic heterocycles. The van der Waals surface area contributed by atoms with Crippen molar-refractivity contribution in [2.45, 2.75) is 39.3 Å². The van der Waals surface area contributed by atoms with Gasteiger partial charge >= 0.3 is 0 Å². The Bertz CT molecular complexity index is 442. The Morgan fingerprint density at radius 2 is 2.40 bits per heavy atom. The molecule has 1 unspecified atom stereocenters. The van der Waals surface area contributed by atoms with Crippen LogP contribution in [0.1, 0.15) is 32.4 Å². The van der Waals surface area contributed by atoms with E-state index in [1.54, 1.807) is 23.2 Å². The van der Waals surface area contributed by atoms with Crippen molar-refractivity contribution in [3.8, 4) is 0 Å². The molecule has 6 heteroatoms. The number of likely N-dealkylation sites (N-methyl/N-ethyl adjacent to an activating group) is 1. The van der Waals surface area contributed by atoms with Gasteiger partial charge in [-0.1, -0.05) is 0 Å². The van der Waals surface area contributed by atoms with Gasteiger partial charge in [0, 0.05) is 38.0 Å². The summed E-state index contributed by atoms with van der Waals surface area (Å²) >= 11 is 1.55. The van der Waals surface area contributed by atoms with Crippen molar-refractivity contribution in [1.29, 1.82) is 0 Å². The first-order valence-electron chi connectivity index (χ1n) is 7.25. The highest BCUT2D eigenvalue weighted by Crippen LogP contribution is 2.22. The van der Waals surface area contributed by atoms with Crippen molar-refractivity contribution in [3.63, 3.8) is 0 Å². The summed E-state index contributed by atoms with van der Waals surface area (Å²) in [5.74, 6) is 0.0539. The van der Waals surface area contributed by atoms with Gasteiger partial charge in [-0.05, 0) is 33.4 Å². The van der Waals surface area contributed by atoms with Crippen LogP contribution in [0, 0.1) is 0 Å². The highest BCUT2D eigenvalue weighted by Gasteiger charge is 2.19. The number of rotatable bonds is 5. The van der Waals surface area contributed by atoms with Crippen molar-refractivity contribution < 1.29 is 4.79 Å². The zero-order valence-corrected chi connectivity index (χ0v) is 13.4. The number of aromatic nitrogens is 1. The van der Waals surface area contributed by atoms with E-state index >= 15 is 0 Å². The fourth-order valence-corrected chi connectivity index (χ4v) is 3.50. The van der Waals surface area contributed by atoms with E-state index in [-0.39, 0.29) is 5.91 Å². The second kappa shape index (κ2) is 7.15. The molecule has 2 heterocycles. The molecular weight excluding hydrogens is 272 g/mol. The van der Waals surface area contributed by atoms with Crippen molar-refractivity contribution in [1.82, 2.24) is 15.2 Å². The monoisotopic (exact) mass is 296 g/mol. The summed E-state index contributed by atoms with van der Waals surface area (Å²) in [7, 11) is 2.15. The zero-order valence-electron chi connectivity index (χ0n) is 12.6. The summed E-state index contributed by atoms with van der Waals surface area (Å²) in [6.07, 6.45) is 2.49. The Hall–Kier alpha value is -0.980. The van der Waals surface area contributed by atoms with Gasteiger partial charge in [0.15, 0.2) is 5.13 Å². The number of thiazole rings is 1. The van der Waals surface area contributed by atoms with E-state index in [1.165, 1.54) is 12.8 Å². The topological polar surface area (TPSA) is 48.5 Å². The largest absolute Gasteiger partial charge is 0.315 e. The second-order valence-electron chi connectivity index (χ2n) is 5.30. The molecular formula is C14H24N4OS. The molecule has 5 nitrogen and oxygen atoms in total. The maximum absolute atomic E-state index is 11.5. The SMILES string of the molecule is CCN(C(C)=O)c1nc(CN(C)C2CCCNC2)cs1. The molecule has 1 aliphatic rings. The molecule has 1 N–H and O–H groups in total. The lowest BCUT2D eigenvalue weighted by atomic mass is 10.1. The Balaban J connectivity index is 1.96. The third-order valence-electron chi connectivity index (χ3n) is 3.77. The van der Waals surface area contributed by atoms with Crippen LogP contribution in [-0.2, 0) is 11.3 Å². The summed E-state index contributed by atoms with van der Waals surface area (Å²) in [4.78, 5) is 20.2. The first-order valence-corrected chi connectivity index (χ1v) is 8.13. The summed E-state index contributed by atoms with van der Waals surface area (Å²) in [6, 6.07) is 0.587. The Labute approximate surface area is 125 Å². The maximum Gasteiger partial charge on any atom is 0.225 e. The van der Waals surface area contributed by atoms with Gasteiger partial charge in [0.2, 0.25) is 5.91 Å². The van der Waals surface area contributed by atoms with Crippen LogP contribution >= 0.6 is 11.3 Å². The molecule has 0 bridgehead atoms. The Morgan fingerprint density at radius 1 is 1.60 bits per heavy atom. The van der Waals surface area contributed by atoms with Crippen molar-refractivity contribution in [3.05, 3.63) is 11.1 Å². The van der Waals surface area contributed by atoms with Crippen molar-refractivity contribution >= 4 is 22.4 Å². The number of hydrogen-bond acceptors (Lipinski definition) is 5. The zero-order chi connectivity index (χ0) is 14.5. The highest BCUT2D eigenvalue weighted by atomic mass is 32.1. The fraction of sp³-hybridized carbons (Fsp3) is 0.714. The molecule has 0 radical (unpaired) electrons. The molecule has 112 valence electrons. The van der Waals surface area contributed by atoms with E-state index in [0.717, 1.165) is 30.5 Å². The second-order valence-corrected chi connectivity index (χ2v) is 6.14. The molecule has 0 aliphatic carbocycles. The molecule has 0 spiro atoms. The predicted molar refractivity (Wildman–Crippen MR) is 83.2 cm³/mol. The Morgan fingerprint density at radius 3 is 3.00 bits per heavy atom. The highest BCUT2D eigenvalue weighted by molar-refractivity contribution is 7.14. The average Bonchev–Trinajstić information content (AvgIpc) is 2.88. The van der Waals surface area contributed by atoms with Gasteiger partial charge in [-0.25, -0.2) is 4.98 Å². The molecule has 1 fully saturated rings. The lowest BCUT2D eigenvalue weighted by Gasteiger charge is -2.31. The van der Waals surface area contributed by atoms with Gasteiger partial charge in [-0.3, -0.25) is 14.6 Å². The number of nitrogens with one attached hydrogen (secondary N) is 1. The predicted octanol–water partition coefficient (Wildman–Crippen LogP) is 1.70. The minimum Gasteiger partial charge on any atom is -0.315 e. The molecule has 1 atom stereocenters. The lowest BCUT2D eigenvalue weighted by Crippen LogP contribution is -2.43. The lowest BCUT2D eigenvalue weighted by molar-refractivity contribution is -0.116. The van der Waals surface area contributed by atoms with Crippen LogP contribution in [0.2, 0.25) is 0 Å². The van der Waals surface area contributed by atoms with Crippen LogP contribution < -0.4 is 10.2 Å². The van der Waals surface area contributed by atoms with Crippen molar-refractivity contribution in [2.75, 3.05) is 31.6 Å². The van der Waals surface area contributed by atoms with Crippen LogP contribution in [0.3, 0.4) is 0 Å². The minimum atomic E-state index is 0.0539. The van der Waals surface area contributed by atoms with E-state index < -0.39 is 0 Å². The van der Waals surface area contributed by atoms with Gasteiger partial charge < -0.3 is 5.32 Å². The first kappa shape index (κ1) is 15.4. The number of carbonyl (C=O) groups excluding carboxylic acids is 1. The fourth-order valence-electron chi connectivity index (χ4n) is 2.58.